The molecular formula is C12H16N2O. The molecule has 1 N–H and O–H groups in total. The van der Waals surface area contributed by atoms with E-state index in [1.54, 1.807) is 0 Å². The van der Waals surface area contributed by atoms with Gasteiger partial charge in [-0.3, -0.25) is 0 Å². The van der Waals surface area contributed by atoms with Crippen molar-refractivity contribution in [2.75, 3.05) is 6.61 Å². The Balaban J connectivity index is 2.53. The second-order valence-corrected chi connectivity index (χ2v) is 3.64. The molecule has 0 unspecified atom stereocenters. The second-order valence-electron chi connectivity index (χ2n) is 3.64. The number of imidazole rings is 1. The van der Waals surface area contributed by atoms with Gasteiger partial charge in [0.05, 0.1) is 17.6 Å². The Kier molecular flexibility index (Phi) is 3.02. The summed E-state index contributed by atoms with van der Waals surface area (Å²) >= 11 is 0. The van der Waals surface area contributed by atoms with Gasteiger partial charge in [-0.15, -0.1) is 0 Å². The third-order valence-corrected chi connectivity index (χ3v) is 2.52. The fourth-order valence-corrected chi connectivity index (χ4v) is 1.89. The predicted molar refractivity (Wildman–Crippen MR) is 60.8 cm³/mol. The van der Waals surface area contributed by atoms with E-state index in [-0.39, 0.29) is 6.61 Å². The van der Waals surface area contributed by atoms with Gasteiger partial charge in [0.25, 0.3) is 0 Å². The van der Waals surface area contributed by atoms with Gasteiger partial charge < -0.3 is 9.67 Å². The number of hydrogen-bond acceptors (Lipinski definition) is 2. The Morgan fingerprint density at radius 3 is 2.87 bits per heavy atom. The van der Waals surface area contributed by atoms with Crippen molar-refractivity contribution in [3.05, 3.63) is 30.1 Å². The molecule has 0 atom stereocenters. The number of fused-ring (bicyclic) bond motifs is 1. The van der Waals surface area contributed by atoms with Crippen molar-refractivity contribution in [2.24, 2.45) is 0 Å². The van der Waals surface area contributed by atoms with E-state index in [9.17, 15) is 0 Å². The average molecular weight is 204 g/mol. The van der Waals surface area contributed by atoms with Crippen LogP contribution < -0.4 is 0 Å². The summed E-state index contributed by atoms with van der Waals surface area (Å²) in [5.74, 6) is 0.987. The number of aliphatic hydroxyl groups excluding tert-OH is 1. The fourth-order valence-electron chi connectivity index (χ4n) is 1.89. The zero-order chi connectivity index (χ0) is 10.7. The maximum absolute atomic E-state index is 8.98. The van der Waals surface area contributed by atoms with Gasteiger partial charge in [0.1, 0.15) is 5.82 Å². The third-order valence-electron chi connectivity index (χ3n) is 2.52. The summed E-state index contributed by atoms with van der Waals surface area (Å²) in [6.45, 7) is 3.28. The number of hydrogen-bond donors (Lipinski definition) is 1. The van der Waals surface area contributed by atoms with Crippen LogP contribution in [0.2, 0.25) is 0 Å². The largest absolute Gasteiger partial charge is 0.396 e. The molecule has 0 fully saturated rings. The molecule has 0 spiro atoms. The molecule has 0 aliphatic rings. The summed E-state index contributed by atoms with van der Waals surface area (Å²) < 4.78 is 2.20. The van der Waals surface area contributed by atoms with E-state index in [0.29, 0.717) is 6.42 Å². The van der Waals surface area contributed by atoms with Crippen molar-refractivity contribution >= 4 is 11.0 Å². The summed E-state index contributed by atoms with van der Waals surface area (Å²) in [4.78, 5) is 4.52. The lowest BCUT2D eigenvalue weighted by Crippen LogP contribution is -2.05. The molecule has 0 aliphatic heterocycles. The number of aliphatic hydroxyl groups is 1. The highest BCUT2D eigenvalue weighted by Gasteiger charge is 2.08. The summed E-state index contributed by atoms with van der Waals surface area (Å²) in [5, 5.41) is 8.98. The zero-order valence-electron chi connectivity index (χ0n) is 8.98. The van der Waals surface area contributed by atoms with Gasteiger partial charge in [0.2, 0.25) is 0 Å². The minimum atomic E-state index is 0.160. The molecule has 1 aromatic carbocycles. The molecule has 3 nitrogen and oxygen atoms in total. The Bertz CT molecular complexity index is 448. The lowest BCUT2D eigenvalue weighted by molar-refractivity contribution is 0.295. The maximum Gasteiger partial charge on any atom is 0.112 e. The molecule has 0 saturated heterocycles. The van der Waals surface area contributed by atoms with Crippen molar-refractivity contribution in [1.29, 1.82) is 0 Å². The van der Waals surface area contributed by atoms with E-state index in [1.165, 1.54) is 5.52 Å². The van der Waals surface area contributed by atoms with E-state index in [2.05, 4.69) is 22.5 Å². The van der Waals surface area contributed by atoms with Gasteiger partial charge in [0, 0.05) is 13.0 Å². The van der Waals surface area contributed by atoms with E-state index in [4.69, 9.17) is 5.11 Å². The van der Waals surface area contributed by atoms with Crippen LogP contribution in [-0.4, -0.2) is 21.3 Å². The molecule has 3 heteroatoms. The quantitative estimate of drug-likeness (QED) is 0.827. The number of benzene rings is 1. The van der Waals surface area contributed by atoms with Gasteiger partial charge >= 0.3 is 0 Å². The van der Waals surface area contributed by atoms with Crippen molar-refractivity contribution < 1.29 is 5.11 Å². The molecule has 0 amide bonds. The standard InChI is InChI=1S/C12H16N2O/c1-2-8-14-11-6-4-3-5-10(11)13-12(14)7-9-15/h3-6,15H,2,7-9H2,1H3. The molecule has 0 saturated carbocycles. The first-order valence-electron chi connectivity index (χ1n) is 5.41. The highest BCUT2D eigenvalue weighted by Crippen LogP contribution is 2.16. The van der Waals surface area contributed by atoms with Gasteiger partial charge in [-0.05, 0) is 18.6 Å². The zero-order valence-corrected chi connectivity index (χ0v) is 8.98. The molecule has 1 heterocycles. The number of nitrogens with zero attached hydrogens (tertiary/aromatic N) is 2. The van der Waals surface area contributed by atoms with E-state index in [1.807, 2.05) is 18.2 Å². The van der Waals surface area contributed by atoms with Crippen LogP contribution in [0, 0.1) is 0 Å². The minimum Gasteiger partial charge on any atom is -0.396 e. The monoisotopic (exact) mass is 204 g/mol. The topological polar surface area (TPSA) is 38.0 Å². The van der Waals surface area contributed by atoms with E-state index >= 15 is 0 Å². The van der Waals surface area contributed by atoms with Crippen LogP contribution in [0.3, 0.4) is 0 Å². The smallest absolute Gasteiger partial charge is 0.112 e. The van der Waals surface area contributed by atoms with Gasteiger partial charge in [-0.25, -0.2) is 4.98 Å². The molecule has 2 rings (SSSR count). The average Bonchev–Trinajstić information content (AvgIpc) is 2.59. The SMILES string of the molecule is CCCn1c(CCO)nc2ccccc21. The molecule has 15 heavy (non-hydrogen) atoms. The molecule has 2 aromatic rings. The number of para-hydroxylation sites is 2. The van der Waals surface area contributed by atoms with Crippen molar-refractivity contribution in [3.63, 3.8) is 0 Å². The van der Waals surface area contributed by atoms with Gasteiger partial charge in [0.15, 0.2) is 0 Å². The van der Waals surface area contributed by atoms with Crippen LogP contribution in [0.4, 0.5) is 0 Å². The Morgan fingerprint density at radius 2 is 2.13 bits per heavy atom. The van der Waals surface area contributed by atoms with Crippen molar-refractivity contribution in [3.8, 4) is 0 Å². The third kappa shape index (κ3) is 1.88. The normalized spacial score (nSPS) is 11.1. The fraction of sp³-hybridized carbons (Fsp3) is 0.417. The lowest BCUT2D eigenvalue weighted by Gasteiger charge is -2.05. The predicted octanol–water partition coefficient (Wildman–Crippen LogP) is 1.98. The Labute approximate surface area is 89.4 Å². The summed E-state index contributed by atoms with van der Waals surface area (Å²) in [6.07, 6.45) is 1.72. The summed E-state index contributed by atoms with van der Waals surface area (Å²) in [6, 6.07) is 8.12. The van der Waals surface area contributed by atoms with Crippen molar-refractivity contribution in [1.82, 2.24) is 9.55 Å². The second kappa shape index (κ2) is 4.45. The molecule has 0 aliphatic carbocycles. The van der Waals surface area contributed by atoms with Crippen LogP contribution in [0.1, 0.15) is 19.2 Å². The van der Waals surface area contributed by atoms with E-state index < -0.39 is 0 Å². The highest BCUT2D eigenvalue weighted by molar-refractivity contribution is 5.75. The van der Waals surface area contributed by atoms with Gasteiger partial charge in [-0.2, -0.15) is 0 Å². The van der Waals surface area contributed by atoms with Crippen LogP contribution >= 0.6 is 0 Å². The number of rotatable bonds is 4. The lowest BCUT2D eigenvalue weighted by atomic mass is 10.3. The van der Waals surface area contributed by atoms with Crippen LogP contribution in [-0.2, 0) is 13.0 Å². The summed E-state index contributed by atoms with van der Waals surface area (Å²) in [5.41, 5.74) is 2.19. The highest BCUT2D eigenvalue weighted by atomic mass is 16.3. The van der Waals surface area contributed by atoms with E-state index in [0.717, 1.165) is 24.3 Å². The maximum atomic E-state index is 8.98. The van der Waals surface area contributed by atoms with Crippen LogP contribution in [0.25, 0.3) is 11.0 Å². The number of aromatic nitrogens is 2. The first kappa shape index (κ1) is 10.2. The first-order chi connectivity index (χ1) is 7.36. The first-order valence-corrected chi connectivity index (χ1v) is 5.41. The molecular weight excluding hydrogens is 188 g/mol. The van der Waals surface area contributed by atoms with Crippen molar-refractivity contribution in [2.45, 2.75) is 26.3 Å². The minimum absolute atomic E-state index is 0.160. The molecule has 0 bridgehead atoms. The Hall–Kier alpha value is -1.35. The van der Waals surface area contributed by atoms with Gasteiger partial charge in [-0.1, -0.05) is 19.1 Å². The molecule has 1 aromatic heterocycles. The van der Waals surface area contributed by atoms with Crippen LogP contribution in [0.15, 0.2) is 24.3 Å². The number of aryl methyl sites for hydroxylation is 1. The summed E-state index contributed by atoms with van der Waals surface area (Å²) in [7, 11) is 0. The van der Waals surface area contributed by atoms with Crippen LogP contribution in [0.5, 0.6) is 0 Å². The molecule has 0 radical (unpaired) electrons. The Morgan fingerprint density at radius 1 is 1.33 bits per heavy atom. The molecule has 80 valence electrons.